The molecule has 3 heteroatoms. The van der Waals surface area contributed by atoms with Gasteiger partial charge in [0.25, 0.3) is 0 Å². The van der Waals surface area contributed by atoms with Crippen molar-refractivity contribution in [3.63, 3.8) is 0 Å². The van der Waals surface area contributed by atoms with Gasteiger partial charge in [-0.25, -0.2) is 0 Å². The van der Waals surface area contributed by atoms with E-state index in [0.29, 0.717) is 0 Å². The predicted octanol–water partition coefficient (Wildman–Crippen LogP) is 5.24. The van der Waals surface area contributed by atoms with Crippen molar-refractivity contribution in [2.24, 2.45) is 5.41 Å². The number of nitrogens with zero attached hydrogens (tertiary/aromatic N) is 1. The summed E-state index contributed by atoms with van der Waals surface area (Å²) in [6.07, 6.45) is 3.99. The summed E-state index contributed by atoms with van der Waals surface area (Å²) in [5.74, 6) is 0.914. The summed E-state index contributed by atoms with van der Waals surface area (Å²) < 4.78 is 7.52. The SMILES string of the molecule is CCCc1c(CCC)n(C(=O)C(C)(C)C)c2c(OC)cccc12. The van der Waals surface area contributed by atoms with Crippen LogP contribution in [0, 0.1) is 5.41 Å². The van der Waals surface area contributed by atoms with Gasteiger partial charge in [0.05, 0.1) is 12.6 Å². The van der Waals surface area contributed by atoms with Crippen LogP contribution in [0.3, 0.4) is 0 Å². The third-order valence-corrected chi connectivity index (χ3v) is 4.22. The number of hydrogen-bond acceptors (Lipinski definition) is 2. The van der Waals surface area contributed by atoms with Gasteiger partial charge >= 0.3 is 0 Å². The van der Waals surface area contributed by atoms with Crippen molar-refractivity contribution in [1.82, 2.24) is 4.57 Å². The molecule has 23 heavy (non-hydrogen) atoms. The van der Waals surface area contributed by atoms with Crippen molar-refractivity contribution < 1.29 is 9.53 Å². The highest BCUT2D eigenvalue weighted by Gasteiger charge is 2.29. The molecule has 0 aliphatic carbocycles. The van der Waals surface area contributed by atoms with E-state index in [2.05, 4.69) is 19.9 Å². The molecule has 0 aliphatic heterocycles. The molecule has 0 saturated carbocycles. The first-order chi connectivity index (χ1) is 10.9. The van der Waals surface area contributed by atoms with Crippen molar-refractivity contribution in [1.29, 1.82) is 0 Å². The molecule has 0 fully saturated rings. The minimum Gasteiger partial charge on any atom is -0.495 e. The standard InChI is InChI=1S/C20H29NO2/c1-7-10-14-15-12-9-13-17(23-6)18(15)21(16(14)11-8-2)19(22)20(3,4)5/h9,12-13H,7-8,10-11H2,1-6H3. The Balaban J connectivity index is 2.90. The molecule has 2 rings (SSSR count). The predicted molar refractivity (Wildman–Crippen MR) is 96.6 cm³/mol. The van der Waals surface area contributed by atoms with Crippen LogP contribution < -0.4 is 4.74 Å². The lowest BCUT2D eigenvalue weighted by Gasteiger charge is -2.21. The molecule has 0 N–H and O–H groups in total. The number of fused-ring (bicyclic) bond motifs is 1. The molecule has 0 unspecified atom stereocenters. The zero-order valence-electron chi connectivity index (χ0n) is 15.3. The van der Waals surface area contributed by atoms with Gasteiger partial charge in [0.1, 0.15) is 5.75 Å². The van der Waals surface area contributed by atoms with Crippen LogP contribution in [0.4, 0.5) is 0 Å². The summed E-state index contributed by atoms with van der Waals surface area (Å²) in [4.78, 5) is 13.2. The van der Waals surface area contributed by atoms with E-state index in [1.165, 1.54) is 5.56 Å². The Morgan fingerprint density at radius 1 is 1.13 bits per heavy atom. The Bertz CT molecular complexity index is 704. The summed E-state index contributed by atoms with van der Waals surface area (Å²) in [7, 11) is 1.67. The quantitative estimate of drug-likeness (QED) is 0.755. The number of hydrogen-bond donors (Lipinski definition) is 0. The second kappa shape index (κ2) is 6.77. The van der Waals surface area contributed by atoms with E-state index < -0.39 is 5.41 Å². The minimum absolute atomic E-state index is 0.137. The molecule has 1 heterocycles. The van der Waals surface area contributed by atoms with Crippen molar-refractivity contribution in [2.75, 3.05) is 7.11 Å². The zero-order valence-corrected chi connectivity index (χ0v) is 15.3. The average molecular weight is 315 g/mol. The fourth-order valence-electron chi connectivity index (χ4n) is 3.17. The highest BCUT2D eigenvalue weighted by Crippen LogP contribution is 2.36. The van der Waals surface area contributed by atoms with Gasteiger partial charge in [0, 0.05) is 16.5 Å². The van der Waals surface area contributed by atoms with Crippen LogP contribution in [0.25, 0.3) is 10.9 Å². The van der Waals surface area contributed by atoms with Crippen molar-refractivity contribution in [3.8, 4) is 5.75 Å². The first-order valence-corrected chi connectivity index (χ1v) is 8.60. The summed E-state index contributed by atoms with van der Waals surface area (Å²) in [6, 6.07) is 6.08. The number of carbonyl (C=O) groups is 1. The van der Waals surface area contributed by atoms with E-state index in [9.17, 15) is 4.79 Å². The number of aryl methyl sites for hydroxylation is 1. The Hall–Kier alpha value is -1.77. The Kier molecular flexibility index (Phi) is 5.18. The van der Waals surface area contributed by atoms with Gasteiger partial charge in [-0.15, -0.1) is 0 Å². The Labute approximate surface area is 139 Å². The fourth-order valence-corrected chi connectivity index (χ4v) is 3.17. The van der Waals surface area contributed by atoms with Crippen LogP contribution in [0.2, 0.25) is 0 Å². The number of para-hydroxylation sites is 1. The van der Waals surface area contributed by atoms with Crippen molar-refractivity contribution in [3.05, 3.63) is 29.5 Å². The lowest BCUT2D eigenvalue weighted by Crippen LogP contribution is -2.28. The first-order valence-electron chi connectivity index (χ1n) is 8.60. The lowest BCUT2D eigenvalue weighted by molar-refractivity contribution is 0.0768. The molecule has 0 spiro atoms. The van der Waals surface area contributed by atoms with Crippen LogP contribution in [0.15, 0.2) is 18.2 Å². The van der Waals surface area contributed by atoms with E-state index in [4.69, 9.17) is 4.74 Å². The van der Waals surface area contributed by atoms with Gasteiger partial charge in [0.2, 0.25) is 5.91 Å². The summed E-state index contributed by atoms with van der Waals surface area (Å²) >= 11 is 0. The second-order valence-corrected chi connectivity index (χ2v) is 7.17. The molecule has 126 valence electrons. The molecule has 0 saturated heterocycles. The van der Waals surface area contributed by atoms with Crippen LogP contribution >= 0.6 is 0 Å². The van der Waals surface area contributed by atoms with E-state index in [-0.39, 0.29) is 5.91 Å². The normalized spacial score (nSPS) is 11.9. The maximum absolute atomic E-state index is 13.2. The molecule has 0 aliphatic rings. The van der Waals surface area contributed by atoms with Gasteiger partial charge in [-0.05, 0) is 24.5 Å². The van der Waals surface area contributed by atoms with Crippen LogP contribution in [0.5, 0.6) is 5.75 Å². The van der Waals surface area contributed by atoms with Gasteiger partial charge in [0.15, 0.2) is 0 Å². The second-order valence-electron chi connectivity index (χ2n) is 7.17. The molecule has 1 aromatic heterocycles. The summed E-state index contributed by atoms with van der Waals surface area (Å²) in [5, 5.41) is 1.16. The van der Waals surface area contributed by atoms with E-state index in [1.807, 2.05) is 37.5 Å². The van der Waals surface area contributed by atoms with Gasteiger partial charge in [-0.2, -0.15) is 0 Å². The van der Waals surface area contributed by atoms with Crippen LogP contribution in [0.1, 0.15) is 63.5 Å². The van der Waals surface area contributed by atoms with Gasteiger partial charge in [-0.3, -0.25) is 9.36 Å². The molecule has 0 radical (unpaired) electrons. The largest absolute Gasteiger partial charge is 0.495 e. The van der Waals surface area contributed by atoms with Crippen molar-refractivity contribution in [2.45, 2.75) is 60.3 Å². The van der Waals surface area contributed by atoms with Crippen LogP contribution in [-0.2, 0) is 12.8 Å². The van der Waals surface area contributed by atoms with E-state index in [0.717, 1.165) is 48.0 Å². The number of carbonyl (C=O) groups excluding carboxylic acids is 1. The van der Waals surface area contributed by atoms with Crippen molar-refractivity contribution >= 4 is 16.8 Å². The van der Waals surface area contributed by atoms with Gasteiger partial charge < -0.3 is 4.74 Å². The zero-order chi connectivity index (χ0) is 17.2. The number of methoxy groups -OCH3 is 1. The molecular weight excluding hydrogens is 286 g/mol. The Morgan fingerprint density at radius 3 is 2.30 bits per heavy atom. The van der Waals surface area contributed by atoms with E-state index >= 15 is 0 Å². The molecular formula is C20H29NO2. The number of ether oxygens (including phenoxy) is 1. The molecule has 0 amide bonds. The fraction of sp³-hybridized carbons (Fsp3) is 0.550. The van der Waals surface area contributed by atoms with Gasteiger partial charge in [-0.1, -0.05) is 59.6 Å². The maximum atomic E-state index is 13.2. The smallest absolute Gasteiger partial charge is 0.236 e. The highest BCUT2D eigenvalue weighted by molar-refractivity contribution is 6.00. The third-order valence-electron chi connectivity index (χ3n) is 4.22. The molecule has 3 nitrogen and oxygen atoms in total. The molecule has 0 bridgehead atoms. The molecule has 0 atom stereocenters. The summed E-state index contributed by atoms with van der Waals surface area (Å²) in [6.45, 7) is 10.3. The average Bonchev–Trinajstić information content (AvgIpc) is 2.80. The highest BCUT2D eigenvalue weighted by atomic mass is 16.5. The lowest BCUT2D eigenvalue weighted by atomic mass is 9.95. The van der Waals surface area contributed by atoms with E-state index in [1.54, 1.807) is 7.11 Å². The number of benzene rings is 1. The first kappa shape index (κ1) is 17.6. The Morgan fingerprint density at radius 2 is 1.78 bits per heavy atom. The monoisotopic (exact) mass is 315 g/mol. The maximum Gasteiger partial charge on any atom is 0.236 e. The number of rotatable bonds is 5. The summed E-state index contributed by atoms with van der Waals surface area (Å²) in [5.41, 5.74) is 2.97. The minimum atomic E-state index is -0.432. The molecule has 1 aromatic carbocycles. The molecule has 2 aromatic rings. The topological polar surface area (TPSA) is 31.2 Å². The van der Waals surface area contributed by atoms with Crippen LogP contribution in [-0.4, -0.2) is 17.6 Å². The third kappa shape index (κ3) is 3.15. The number of aromatic nitrogens is 1.